The van der Waals surface area contributed by atoms with Gasteiger partial charge < -0.3 is 15.0 Å². The van der Waals surface area contributed by atoms with Crippen LogP contribution in [0.25, 0.3) is 10.9 Å². The SMILES string of the molecule is COC(C)Cn1cc(CC(C)N)c2ccccc21. The highest BCUT2D eigenvalue weighted by atomic mass is 16.5. The lowest BCUT2D eigenvalue weighted by Crippen LogP contribution is -2.17. The highest BCUT2D eigenvalue weighted by Gasteiger charge is 2.11. The summed E-state index contributed by atoms with van der Waals surface area (Å²) < 4.78 is 7.61. The van der Waals surface area contributed by atoms with Crippen LogP contribution in [0.2, 0.25) is 0 Å². The molecule has 2 rings (SSSR count). The molecule has 2 aromatic rings. The molecule has 18 heavy (non-hydrogen) atoms. The second-order valence-electron chi connectivity index (χ2n) is 5.05. The number of hydrogen-bond donors (Lipinski definition) is 1. The smallest absolute Gasteiger partial charge is 0.0722 e. The predicted molar refractivity (Wildman–Crippen MR) is 75.8 cm³/mol. The second kappa shape index (κ2) is 5.55. The summed E-state index contributed by atoms with van der Waals surface area (Å²) >= 11 is 0. The van der Waals surface area contributed by atoms with Crippen molar-refractivity contribution >= 4 is 10.9 Å². The van der Waals surface area contributed by atoms with Crippen molar-refractivity contribution < 1.29 is 4.74 Å². The van der Waals surface area contributed by atoms with E-state index in [9.17, 15) is 0 Å². The molecule has 1 heterocycles. The van der Waals surface area contributed by atoms with Crippen molar-refractivity contribution in [2.45, 2.75) is 39.0 Å². The third-order valence-corrected chi connectivity index (χ3v) is 3.27. The highest BCUT2D eigenvalue weighted by Crippen LogP contribution is 2.22. The fraction of sp³-hybridized carbons (Fsp3) is 0.467. The van der Waals surface area contributed by atoms with E-state index in [0.29, 0.717) is 0 Å². The van der Waals surface area contributed by atoms with Gasteiger partial charge in [0, 0.05) is 36.8 Å². The van der Waals surface area contributed by atoms with Gasteiger partial charge in [0.25, 0.3) is 0 Å². The normalized spacial score (nSPS) is 14.9. The molecule has 0 radical (unpaired) electrons. The molecule has 2 N–H and O–H groups in total. The van der Waals surface area contributed by atoms with Crippen molar-refractivity contribution in [1.82, 2.24) is 4.57 Å². The van der Waals surface area contributed by atoms with Gasteiger partial charge in [-0.25, -0.2) is 0 Å². The van der Waals surface area contributed by atoms with E-state index in [2.05, 4.69) is 42.0 Å². The number of hydrogen-bond acceptors (Lipinski definition) is 2. The first-order valence-corrected chi connectivity index (χ1v) is 6.47. The summed E-state index contributed by atoms with van der Waals surface area (Å²) in [5.41, 5.74) is 8.50. The maximum absolute atomic E-state index is 5.92. The van der Waals surface area contributed by atoms with Crippen molar-refractivity contribution in [2.24, 2.45) is 5.73 Å². The summed E-state index contributed by atoms with van der Waals surface area (Å²) in [6.07, 6.45) is 3.34. The Morgan fingerprint density at radius 3 is 2.67 bits per heavy atom. The standard InChI is InChI=1S/C15H22N2O/c1-11(16)8-13-10-17(9-12(2)18-3)15-7-5-4-6-14(13)15/h4-7,10-12H,8-9,16H2,1-3H3. The largest absolute Gasteiger partial charge is 0.380 e. The van der Waals surface area contributed by atoms with Crippen molar-refractivity contribution in [3.63, 3.8) is 0 Å². The quantitative estimate of drug-likeness (QED) is 0.880. The van der Waals surface area contributed by atoms with Crippen LogP contribution in [0.5, 0.6) is 0 Å². The van der Waals surface area contributed by atoms with Crippen LogP contribution in [0.3, 0.4) is 0 Å². The van der Waals surface area contributed by atoms with Crippen LogP contribution in [-0.4, -0.2) is 23.8 Å². The first-order valence-electron chi connectivity index (χ1n) is 6.47. The molecule has 98 valence electrons. The minimum Gasteiger partial charge on any atom is -0.380 e. The van der Waals surface area contributed by atoms with Gasteiger partial charge in [0.2, 0.25) is 0 Å². The number of ether oxygens (including phenoxy) is 1. The van der Waals surface area contributed by atoms with E-state index >= 15 is 0 Å². The molecule has 3 nitrogen and oxygen atoms in total. The Morgan fingerprint density at radius 1 is 1.28 bits per heavy atom. The number of methoxy groups -OCH3 is 1. The molecule has 0 bridgehead atoms. The Labute approximate surface area is 109 Å². The molecule has 0 fully saturated rings. The summed E-state index contributed by atoms with van der Waals surface area (Å²) in [6, 6.07) is 8.66. The lowest BCUT2D eigenvalue weighted by Gasteiger charge is -2.11. The van der Waals surface area contributed by atoms with Gasteiger partial charge >= 0.3 is 0 Å². The van der Waals surface area contributed by atoms with Crippen LogP contribution in [0.1, 0.15) is 19.4 Å². The molecule has 0 aliphatic heterocycles. The van der Waals surface area contributed by atoms with Gasteiger partial charge in [-0.15, -0.1) is 0 Å². The zero-order valence-corrected chi connectivity index (χ0v) is 11.4. The predicted octanol–water partition coefficient (Wildman–Crippen LogP) is 2.57. The highest BCUT2D eigenvalue weighted by molar-refractivity contribution is 5.84. The first kappa shape index (κ1) is 13.1. The summed E-state index contributed by atoms with van der Waals surface area (Å²) in [4.78, 5) is 0. The third-order valence-electron chi connectivity index (χ3n) is 3.27. The number of fused-ring (bicyclic) bond motifs is 1. The van der Waals surface area contributed by atoms with Gasteiger partial charge in [0.15, 0.2) is 0 Å². The fourth-order valence-corrected chi connectivity index (χ4v) is 2.33. The number of nitrogens with two attached hydrogens (primary N) is 1. The Bertz CT molecular complexity index is 516. The Balaban J connectivity index is 2.40. The van der Waals surface area contributed by atoms with Crippen molar-refractivity contribution in [2.75, 3.05) is 7.11 Å². The van der Waals surface area contributed by atoms with Crippen LogP contribution < -0.4 is 5.73 Å². The molecule has 0 saturated heterocycles. The number of para-hydroxylation sites is 1. The third kappa shape index (κ3) is 2.74. The van der Waals surface area contributed by atoms with Crippen molar-refractivity contribution in [1.29, 1.82) is 0 Å². The molecule has 0 spiro atoms. The maximum atomic E-state index is 5.92. The number of benzene rings is 1. The van der Waals surface area contributed by atoms with E-state index < -0.39 is 0 Å². The molecule has 1 aromatic heterocycles. The van der Waals surface area contributed by atoms with Gasteiger partial charge in [-0.1, -0.05) is 18.2 Å². The zero-order chi connectivity index (χ0) is 13.1. The molecule has 3 heteroatoms. The van der Waals surface area contributed by atoms with E-state index in [1.807, 2.05) is 6.92 Å². The van der Waals surface area contributed by atoms with Gasteiger partial charge in [-0.2, -0.15) is 0 Å². The lowest BCUT2D eigenvalue weighted by atomic mass is 10.1. The van der Waals surface area contributed by atoms with Crippen LogP contribution >= 0.6 is 0 Å². The average Bonchev–Trinajstić information content (AvgIpc) is 2.67. The molecule has 0 aliphatic rings. The molecule has 1 aromatic carbocycles. The summed E-state index contributed by atoms with van der Waals surface area (Å²) in [6.45, 7) is 5.00. The van der Waals surface area contributed by atoms with Crippen LogP contribution in [0, 0.1) is 0 Å². The minimum absolute atomic E-state index is 0.184. The molecule has 2 atom stereocenters. The Morgan fingerprint density at radius 2 is 2.00 bits per heavy atom. The molecule has 0 saturated carbocycles. The zero-order valence-electron chi connectivity index (χ0n) is 11.4. The van der Waals surface area contributed by atoms with Gasteiger partial charge in [0.05, 0.1) is 6.10 Å². The molecule has 0 amide bonds. The van der Waals surface area contributed by atoms with Gasteiger partial charge in [-0.05, 0) is 31.9 Å². The van der Waals surface area contributed by atoms with Crippen molar-refractivity contribution in [3.8, 4) is 0 Å². The van der Waals surface area contributed by atoms with Gasteiger partial charge in [-0.3, -0.25) is 0 Å². The summed E-state index contributed by atoms with van der Waals surface area (Å²) in [5.74, 6) is 0. The number of rotatable bonds is 5. The van der Waals surface area contributed by atoms with Crippen molar-refractivity contribution in [3.05, 3.63) is 36.0 Å². The van der Waals surface area contributed by atoms with E-state index in [-0.39, 0.29) is 12.1 Å². The second-order valence-corrected chi connectivity index (χ2v) is 5.05. The Hall–Kier alpha value is -1.32. The summed E-state index contributed by atoms with van der Waals surface area (Å²) in [5, 5.41) is 1.30. The van der Waals surface area contributed by atoms with E-state index in [1.54, 1.807) is 7.11 Å². The summed E-state index contributed by atoms with van der Waals surface area (Å²) in [7, 11) is 1.75. The average molecular weight is 246 g/mol. The van der Waals surface area contributed by atoms with Gasteiger partial charge in [0.1, 0.15) is 0 Å². The molecule has 0 aliphatic carbocycles. The molecular formula is C15H22N2O. The number of nitrogens with zero attached hydrogens (tertiary/aromatic N) is 1. The van der Waals surface area contributed by atoms with Crippen LogP contribution in [0.15, 0.2) is 30.5 Å². The first-order chi connectivity index (χ1) is 8.61. The topological polar surface area (TPSA) is 40.2 Å². The maximum Gasteiger partial charge on any atom is 0.0722 e. The Kier molecular flexibility index (Phi) is 4.04. The van der Waals surface area contributed by atoms with Crippen LogP contribution in [-0.2, 0) is 17.7 Å². The monoisotopic (exact) mass is 246 g/mol. The fourth-order valence-electron chi connectivity index (χ4n) is 2.33. The minimum atomic E-state index is 0.184. The van der Waals surface area contributed by atoms with Crippen LogP contribution in [0.4, 0.5) is 0 Å². The lowest BCUT2D eigenvalue weighted by molar-refractivity contribution is 0.104. The van der Waals surface area contributed by atoms with E-state index in [1.165, 1.54) is 16.5 Å². The van der Waals surface area contributed by atoms with E-state index in [0.717, 1.165) is 13.0 Å². The number of aromatic nitrogens is 1. The molecule has 2 unspecified atom stereocenters. The van der Waals surface area contributed by atoms with E-state index in [4.69, 9.17) is 10.5 Å². The molecular weight excluding hydrogens is 224 g/mol.